The molecule has 0 saturated carbocycles. The van der Waals surface area contributed by atoms with Crippen LogP contribution in [-0.2, 0) is 6.42 Å². The lowest BCUT2D eigenvalue weighted by atomic mass is 9.83. The van der Waals surface area contributed by atoms with Gasteiger partial charge in [-0.25, -0.2) is 0 Å². The summed E-state index contributed by atoms with van der Waals surface area (Å²) in [6.45, 7) is 0. The van der Waals surface area contributed by atoms with Crippen LogP contribution in [0.5, 0.6) is 0 Å². The molecular weight excluding hydrogens is 623 g/mol. The lowest BCUT2D eigenvalue weighted by Crippen LogP contribution is -2.13. The molecule has 0 saturated heterocycles. The van der Waals surface area contributed by atoms with Crippen molar-refractivity contribution in [1.29, 1.82) is 15.8 Å². The molecule has 5 nitrogen and oxygen atoms in total. The summed E-state index contributed by atoms with van der Waals surface area (Å²) < 4.78 is 4.68. The van der Waals surface area contributed by atoms with E-state index in [0.717, 1.165) is 63.4 Å². The monoisotopic (exact) mass is 653 g/mol. The van der Waals surface area contributed by atoms with Crippen molar-refractivity contribution in [2.45, 2.75) is 31.2 Å². The second-order valence-corrected chi connectivity index (χ2v) is 13.3. The summed E-state index contributed by atoms with van der Waals surface area (Å²) in [5.74, 6) is -0.00230. The molecule has 9 rings (SSSR count). The second kappa shape index (κ2) is 12.2. The Kier molecular flexibility index (Phi) is 7.24. The van der Waals surface area contributed by atoms with Crippen molar-refractivity contribution in [3.63, 3.8) is 0 Å². The Balaban J connectivity index is 1.26. The van der Waals surface area contributed by atoms with E-state index in [2.05, 4.69) is 106 Å². The number of hydrogen-bond acceptors (Lipinski definition) is 3. The zero-order chi connectivity index (χ0) is 34.5. The Morgan fingerprint density at radius 3 is 2.24 bits per heavy atom. The predicted molar refractivity (Wildman–Crippen MR) is 204 cm³/mol. The predicted octanol–water partition coefficient (Wildman–Crippen LogP) is 10.8. The molecule has 2 aliphatic carbocycles. The van der Waals surface area contributed by atoms with Crippen LogP contribution < -0.4 is 0 Å². The van der Waals surface area contributed by atoms with Crippen LogP contribution in [0.3, 0.4) is 0 Å². The number of fused-ring (bicyclic) bond motifs is 6. The summed E-state index contributed by atoms with van der Waals surface area (Å²) in [6, 6.07) is 41.7. The molecule has 7 aromatic rings. The molecule has 2 heterocycles. The standard InChI is InChI=1S/C46H31N5/c47-27-30-21-23-44-40(24-30)38-15-5-8-19-43(38)51(44)45-25-31(28-48)20-22-39(45)46-33(29-49)11-9-16-35(46)32-10-1-2-12-34(26-32)50-41-17-6-3-13-36(41)37-14-4-7-18-42(37)50/h1-3,5-13,15-25,32,34H,4,14,26H2. The van der Waals surface area contributed by atoms with Crippen LogP contribution >= 0.6 is 0 Å². The highest BCUT2D eigenvalue weighted by Crippen LogP contribution is 2.44. The first-order chi connectivity index (χ1) is 25.2. The average Bonchev–Trinajstić information content (AvgIpc) is 3.58. The van der Waals surface area contributed by atoms with Gasteiger partial charge >= 0.3 is 0 Å². The highest BCUT2D eigenvalue weighted by Gasteiger charge is 2.28. The molecule has 2 aliphatic rings. The molecule has 0 aliphatic heterocycles. The van der Waals surface area contributed by atoms with Gasteiger partial charge in [0.1, 0.15) is 0 Å². The topological polar surface area (TPSA) is 81.2 Å². The van der Waals surface area contributed by atoms with Crippen molar-refractivity contribution in [3.8, 4) is 35.0 Å². The van der Waals surface area contributed by atoms with E-state index in [1.807, 2.05) is 60.7 Å². The van der Waals surface area contributed by atoms with Gasteiger partial charge in [-0.15, -0.1) is 0 Å². The Labute approximate surface area is 296 Å². The Bertz CT molecular complexity index is 2780. The Morgan fingerprint density at radius 1 is 0.647 bits per heavy atom. The van der Waals surface area contributed by atoms with Crippen LogP contribution in [0.4, 0.5) is 0 Å². The van der Waals surface area contributed by atoms with E-state index < -0.39 is 0 Å². The van der Waals surface area contributed by atoms with Gasteiger partial charge in [-0.05, 0) is 85.0 Å². The maximum atomic E-state index is 10.7. The number of allylic oxidation sites excluding steroid dienone is 5. The van der Waals surface area contributed by atoms with Crippen molar-refractivity contribution in [3.05, 3.63) is 167 Å². The third-order valence-corrected chi connectivity index (χ3v) is 10.6. The third kappa shape index (κ3) is 4.81. The molecule has 2 aromatic heterocycles. The number of para-hydroxylation sites is 2. The minimum atomic E-state index is -0.00230. The highest BCUT2D eigenvalue weighted by molar-refractivity contribution is 6.10. The van der Waals surface area contributed by atoms with Gasteiger partial charge < -0.3 is 9.13 Å². The molecule has 5 heteroatoms. The van der Waals surface area contributed by atoms with Gasteiger partial charge in [0, 0.05) is 44.4 Å². The Morgan fingerprint density at radius 2 is 1.39 bits per heavy atom. The molecule has 5 aromatic carbocycles. The lowest BCUT2D eigenvalue weighted by Gasteiger charge is -2.26. The van der Waals surface area contributed by atoms with E-state index in [9.17, 15) is 15.8 Å². The molecule has 2 unspecified atom stereocenters. The van der Waals surface area contributed by atoms with E-state index in [-0.39, 0.29) is 12.0 Å². The number of rotatable bonds is 4. The van der Waals surface area contributed by atoms with Crippen LogP contribution in [-0.4, -0.2) is 9.13 Å². The summed E-state index contributed by atoms with van der Waals surface area (Å²) in [5.41, 5.74) is 11.2. The number of nitriles is 3. The first-order valence-electron chi connectivity index (χ1n) is 17.3. The number of nitrogens with zero attached hydrogens (tertiary/aromatic N) is 5. The molecule has 0 bridgehead atoms. The molecule has 0 N–H and O–H groups in total. The van der Waals surface area contributed by atoms with E-state index in [1.54, 1.807) is 0 Å². The summed E-state index contributed by atoms with van der Waals surface area (Å²) in [7, 11) is 0. The van der Waals surface area contributed by atoms with Gasteiger partial charge in [-0.2, -0.15) is 15.8 Å². The lowest BCUT2D eigenvalue weighted by molar-refractivity contribution is 0.543. The third-order valence-electron chi connectivity index (χ3n) is 10.6. The zero-order valence-electron chi connectivity index (χ0n) is 27.8. The molecule has 0 amide bonds. The average molecular weight is 654 g/mol. The van der Waals surface area contributed by atoms with Crippen LogP contribution in [0.2, 0.25) is 0 Å². The maximum absolute atomic E-state index is 10.7. The van der Waals surface area contributed by atoms with Crippen molar-refractivity contribution in [2.75, 3.05) is 0 Å². The minimum absolute atomic E-state index is 0.00230. The first kappa shape index (κ1) is 30.2. The van der Waals surface area contributed by atoms with Crippen molar-refractivity contribution < 1.29 is 0 Å². The highest BCUT2D eigenvalue weighted by atomic mass is 15.0. The van der Waals surface area contributed by atoms with Crippen LogP contribution in [0.15, 0.2) is 134 Å². The van der Waals surface area contributed by atoms with Crippen molar-refractivity contribution in [2.24, 2.45) is 0 Å². The maximum Gasteiger partial charge on any atom is 0.0998 e. The summed E-state index contributed by atoms with van der Waals surface area (Å²) in [6.07, 6.45) is 16.3. The molecule has 2 atom stereocenters. The van der Waals surface area contributed by atoms with Crippen molar-refractivity contribution in [1.82, 2.24) is 9.13 Å². The number of benzene rings is 5. The quantitative estimate of drug-likeness (QED) is 0.190. The fraction of sp³-hybridized carbons (Fsp3) is 0.109. The Hall–Kier alpha value is -6.87. The molecular formula is C46H31N5. The van der Waals surface area contributed by atoms with Crippen molar-refractivity contribution >= 4 is 38.8 Å². The van der Waals surface area contributed by atoms with Gasteiger partial charge in [0.15, 0.2) is 0 Å². The van der Waals surface area contributed by atoms with E-state index >= 15 is 0 Å². The van der Waals surface area contributed by atoms with Gasteiger partial charge in [-0.3, -0.25) is 0 Å². The van der Waals surface area contributed by atoms with Gasteiger partial charge in [0.2, 0.25) is 0 Å². The molecule has 51 heavy (non-hydrogen) atoms. The molecule has 0 radical (unpaired) electrons. The fourth-order valence-electron chi connectivity index (χ4n) is 8.38. The minimum Gasteiger partial charge on any atom is -0.334 e. The van der Waals surface area contributed by atoms with Crippen LogP contribution in [0.25, 0.3) is 55.6 Å². The van der Waals surface area contributed by atoms with Gasteiger partial charge in [0.25, 0.3) is 0 Å². The van der Waals surface area contributed by atoms with E-state index in [0.29, 0.717) is 16.7 Å². The molecule has 240 valence electrons. The van der Waals surface area contributed by atoms with E-state index in [1.165, 1.54) is 22.2 Å². The molecule has 0 spiro atoms. The number of aryl methyl sites for hydroxylation is 1. The first-order valence-corrected chi connectivity index (χ1v) is 17.3. The molecule has 0 fully saturated rings. The summed E-state index contributed by atoms with van der Waals surface area (Å²) in [5, 5.41) is 33.8. The van der Waals surface area contributed by atoms with Crippen LogP contribution in [0.1, 0.15) is 58.3 Å². The van der Waals surface area contributed by atoms with Gasteiger partial charge in [-0.1, -0.05) is 85.0 Å². The normalized spacial score (nSPS) is 16.5. The second-order valence-electron chi connectivity index (χ2n) is 13.3. The largest absolute Gasteiger partial charge is 0.334 e. The van der Waals surface area contributed by atoms with Crippen LogP contribution in [0, 0.1) is 34.0 Å². The summed E-state index contributed by atoms with van der Waals surface area (Å²) in [4.78, 5) is 0. The van der Waals surface area contributed by atoms with Gasteiger partial charge in [0.05, 0.1) is 57.7 Å². The SMILES string of the molecule is N#Cc1ccc(-c2c(C#N)cccc2C2C=CC=CC(n3c4c(c5ccccc53)CCC=C4)C2)c(-n2c3ccccc3c3cc(C#N)ccc32)c1. The number of aromatic nitrogens is 2. The fourth-order valence-corrected chi connectivity index (χ4v) is 8.38. The number of hydrogen-bond donors (Lipinski definition) is 0. The summed E-state index contributed by atoms with van der Waals surface area (Å²) >= 11 is 0. The zero-order valence-corrected chi connectivity index (χ0v) is 27.8. The smallest absolute Gasteiger partial charge is 0.0998 e. The van der Waals surface area contributed by atoms with E-state index in [4.69, 9.17) is 0 Å².